The number of methoxy groups -OCH3 is 1. The summed E-state index contributed by atoms with van der Waals surface area (Å²) in [7, 11) is 1.68. The minimum Gasteiger partial charge on any atom is -0.497 e. The maximum Gasteiger partial charge on any atom is 0.152 e. The number of nitrogens with zero attached hydrogens (tertiary/aromatic N) is 1. The lowest BCUT2D eigenvalue weighted by Gasteiger charge is -2.31. The molecule has 182 valence electrons. The molecule has 3 aromatic rings. The zero-order valence-corrected chi connectivity index (χ0v) is 21.4. The maximum absolute atomic E-state index is 11.5. The van der Waals surface area contributed by atoms with Crippen molar-refractivity contribution in [3.63, 3.8) is 0 Å². The van der Waals surface area contributed by atoms with Gasteiger partial charge < -0.3 is 19.3 Å². The number of benzene rings is 2. The van der Waals surface area contributed by atoms with Gasteiger partial charge in [0, 0.05) is 16.6 Å². The third-order valence-corrected chi connectivity index (χ3v) is 9.08. The van der Waals surface area contributed by atoms with Gasteiger partial charge in [0.25, 0.3) is 0 Å². The van der Waals surface area contributed by atoms with Crippen molar-refractivity contribution >= 4 is 33.2 Å². The molecule has 1 aromatic heterocycles. The van der Waals surface area contributed by atoms with Gasteiger partial charge in [-0.25, -0.2) is 0 Å². The van der Waals surface area contributed by atoms with Gasteiger partial charge in [0.05, 0.1) is 12.0 Å². The zero-order valence-electron chi connectivity index (χ0n) is 19.8. The summed E-state index contributed by atoms with van der Waals surface area (Å²) in [5.41, 5.74) is -0.852. The first kappa shape index (κ1) is 23.8. The fourth-order valence-electron chi connectivity index (χ4n) is 4.72. The summed E-state index contributed by atoms with van der Waals surface area (Å²) < 4.78 is 18.9. The Morgan fingerprint density at radius 3 is 2.38 bits per heavy atom. The molecule has 2 fully saturated rings. The monoisotopic (exact) mass is 499 g/mol. The molecule has 7 heteroatoms. The van der Waals surface area contributed by atoms with E-state index in [-0.39, 0.29) is 0 Å². The molecule has 2 aliphatic heterocycles. The van der Waals surface area contributed by atoms with Crippen LogP contribution in [0.2, 0.25) is 0 Å². The Bertz CT molecular complexity index is 1090. The molecule has 0 unspecified atom stereocenters. The van der Waals surface area contributed by atoms with E-state index in [9.17, 15) is 5.11 Å². The quantitative estimate of drug-likeness (QED) is 0.394. The molecule has 5 rings (SSSR count). The molecule has 0 aliphatic carbocycles. The predicted octanol–water partition coefficient (Wildman–Crippen LogP) is 6.28. The van der Waals surface area contributed by atoms with E-state index in [0.717, 1.165) is 68.9 Å². The molecule has 2 aromatic carbocycles. The largest absolute Gasteiger partial charge is 0.497 e. The van der Waals surface area contributed by atoms with Crippen molar-refractivity contribution in [1.29, 1.82) is 0 Å². The molecule has 1 N–H and O–H groups in total. The molecular formula is C27H33NO4S2. The third-order valence-electron chi connectivity index (χ3n) is 6.76. The summed E-state index contributed by atoms with van der Waals surface area (Å²) in [6.07, 6.45) is 5.42. The summed E-state index contributed by atoms with van der Waals surface area (Å²) in [6.45, 7) is 4.04. The Morgan fingerprint density at radius 2 is 1.65 bits per heavy atom. The standard InChI is InChI=1S/C27H33NO4S2/c1-30-22-9-10-23-24(19-22)34-26(27(29)11-17-33-18-12-27)25(23)32-21-7-5-20(6-8-21)31-16-15-28-13-3-2-4-14-28/h5-10,19,29H,2-4,11-18H2,1H3. The number of rotatable bonds is 8. The lowest BCUT2D eigenvalue weighted by molar-refractivity contribution is 0.0302. The predicted molar refractivity (Wildman–Crippen MR) is 141 cm³/mol. The summed E-state index contributed by atoms with van der Waals surface area (Å²) in [5.74, 6) is 5.08. The third kappa shape index (κ3) is 5.33. The summed E-state index contributed by atoms with van der Waals surface area (Å²) in [6, 6.07) is 13.8. The molecule has 2 aliphatic rings. The lowest BCUT2D eigenvalue weighted by atomic mass is 9.94. The van der Waals surface area contributed by atoms with Crippen LogP contribution >= 0.6 is 23.1 Å². The van der Waals surface area contributed by atoms with Gasteiger partial charge in [-0.3, -0.25) is 4.90 Å². The number of thiophene rings is 1. The summed E-state index contributed by atoms with van der Waals surface area (Å²) in [5, 5.41) is 12.5. The molecule has 3 heterocycles. The highest BCUT2D eigenvalue weighted by molar-refractivity contribution is 7.99. The SMILES string of the molecule is COc1ccc2c(Oc3ccc(OCCN4CCCCC4)cc3)c(C3(O)CCSCC3)sc2c1. The van der Waals surface area contributed by atoms with E-state index in [4.69, 9.17) is 14.2 Å². The topological polar surface area (TPSA) is 51.2 Å². The second-order valence-corrected chi connectivity index (χ2v) is 11.4. The van der Waals surface area contributed by atoms with Crippen molar-refractivity contribution < 1.29 is 19.3 Å². The van der Waals surface area contributed by atoms with Gasteiger partial charge in [0.2, 0.25) is 0 Å². The first-order valence-corrected chi connectivity index (χ1v) is 14.2. The summed E-state index contributed by atoms with van der Waals surface area (Å²) >= 11 is 3.51. The average molecular weight is 500 g/mol. The van der Waals surface area contributed by atoms with Crippen LogP contribution in [0.3, 0.4) is 0 Å². The van der Waals surface area contributed by atoms with E-state index in [1.165, 1.54) is 32.4 Å². The van der Waals surface area contributed by atoms with Gasteiger partial charge in [-0.05, 0) is 92.7 Å². The molecule has 0 atom stereocenters. The van der Waals surface area contributed by atoms with Gasteiger partial charge in [-0.1, -0.05) is 6.42 Å². The molecule has 2 saturated heterocycles. The number of hydrogen-bond acceptors (Lipinski definition) is 7. The number of hydrogen-bond donors (Lipinski definition) is 1. The van der Waals surface area contributed by atoms with E-state index < -0.39 is 5.60 Å². The zero-order chi connectivity index (χ0) is 23.4. The Hall–Kier alpha value is -1.93. The van der Waals surface area contributed by atoms with Gasteiger partial charge in [0.1, 0.15) is 29.5 Å². The Labute approximate surface area is 210 Å². The van der Waals surface area contributed by atoms with Crippen molar-refractivity contribution in [1.82, 2.24) is 4.90 Å². The van der Waals surface area contributed by atoms with Gasteiger partial charge in [-0.15, -0.1) is 11.3 Å². The smallest absolute Gasteiger partial charge is 0.152 e. The van der Waals surface area contributed by atoms with Crippen LogP contribution in [-0.4, -0.2) is 54.9 Å². The van der Waals surface area contributed by atoms with Crippen LogP contribution in [0.15, 0.2) is 42.5 Å². The van der Waals surface area contributed by atoms with Crippen molar-refractivity contribution in [2.45, 2.75) is 37.7 Å². The highest BCUT2D eigenvalue weighted by Crippen LogP contribution is 2.50. The molecule has 0 bridgehead atoms. The number of piperidine rings is 1. The Kier molecular flexibility index (Phi) is 7.54. The molecule has 0 radical (unpaired) electrons. The normalized spacial score (nSPS) is 18.6. The Balaban J connectivity index is 1.33. The van der Waals surface area contributed by atoms with Crippen molar-refractivity contribution in [3.05, 3.63) is 47.3 Å². The number of ether oxygens (including phenoxy) is 3. The van der Waals surface area contributed by atoms with Crippen molar-refractivity contribution in [3.8, 4) is 23.0 Å². The van der Waals surface area contributed by atoms with Crippen LogP contribution in [0.4, 0.5) is 0 Å². The van der Waals surface area contributed by atoms with Crippen molar-refractivity contribution in [2.75, 3.05) is 44.9 Å². The highest BCUT2D eigenvalue weighted by Gasteiger charge is 2.37. The number of thioether (sulfide) groups is 1. The number of aliphatic hydroxyl groups is 1. The minimum absolute atomic E-state index is 0.701. The fraction of sp³-hybridized carbons (Fsp3) is 0.481. The molecule has 0 amide bonds. The van der Waals surface area contributed by atoms with Crippen LogP contribution in [0.5, 0.6) is 23.0 Å². The lowest BCUT2D eigenvalue weighted by Crippen LogP contribution is -2.33. The summed E-state index contributed by atoms with van der Waals surface area (Å²) in [4.78, 5) is 3.39. The molecule has 34 heavy (non-hydrogen) atoms. The van der Waals surface area contributed by atoms with Gasteiger partial charge >= 0.3 is 0 Å². The van der Waals surface area contributed by atoms with Crippen LogP contribution in [0, 0.1) is 0 Å². The van der Waals surface area contributed by atoms with Gasteiger partial charge in [0.15, 0.2) is 5.75 Å². The number of fused-ring (bicyclic) bond motifs is 1. The molecule has 0 saturated carbocycles. The van der Waals surface area contributed by atoms with E-state index in [2.05, 4.69) is 4.90 Å². The minimum atomic E-state index is -0.852. The average Bonchev–Trinajstić information content (AvgIpc) is 3.24. The van der Waals surface area contributed by atoms with Crippen LogP contribution in [0.25, 0.3) is 10.1 Å². The van der Waals surface area contributed by atoms with Gasteiger partial charge in [-0.2, -0.15) is 11.8 Å². The van der Waals surface area contributed by atoms with E-state index in [1.54, 1.807) is 18.4 Å². The van der Waals surface area contributed by atoms with Crippen LogP contribution in [-0.2, 0) is 5.60 Å². The molecule has 0 spiro atoms. The van der Waals surface area contributed by atoms with E-state index >= 15 is 0 Å². The van der Waals surface area contributed by atoms with Crippen LogP contribution in [0.1, 0.15) is 37.0 Å². The second kappa shape index (κ2) is 10.8. The molecule has 5 nitrogen and oxygen atoms in total. The molecular weight excluding hydrogens is 466 g/mol. The van der Waals surface area contributed by atoms with Crippen LogP contribution < -0.4 is 14.2 Å². The van der Waals surface area contributed by atoms with E-state index in [0.29, 0.717) is 6.61 Å². The number of likely N-dealkylation sites (tertiary alicyclic amines) is 1. The van der Waals surface area contributed by atoms with E-state index in [1.807, 2.05) is 54.2 Å². The second-order valence-electron chi connectivity index (χ2n) is 9.09. The Morgan fingerprint density at radius 1 is 0.941 bits per heavy atom. The maximum atomic E-state index is 11.5. The fourth-order valence-corrected chi connectivity index (χ4v) is 7.19. The first-order chi connectivity index (χ1) is 16.6. The highest BCUT2D eigenvalue weighted by atomic mass is 32.2. The van der Waals surface area contributed by atoms with Crippen molar-refractivity contribution in [2.24, 2.45) is 0 Å². The first-order valence-electron chi connectivity index (χ1n) is 12.2.